The Balaban J connectivity index is -0.000000665. The molecule has 0 spiro atoms. The zero-order valence-corrected chi connectivity index (χ0v) is 20.8. The molecule has 0 aliphatic carbocycles. The lowest BCUT2D eigenvalue weighted by Gasteiger charge is -2.22. The molecule has 0 saturated carbocycles. The van der Waals surface area contributed by atoms with E-state index in [1.165, 1.54) is 103 Å². The average molecular weight is 421 g/mol. The predicted octanol–water partition coefficient (Wildman–Crippen LogP) is 3.84. The quantitative estimate of drug-likeness (QED) is 0.265. The van der Waals surface area contributed by atoms with E-state index in [4.69, 9.17) is 5.73 Å². The van der Waals surface area contributed by atoms with Gasteiger partial charge < -0.3 is 22.6 Å². The van der Waals surface area contributed by atoms with Gasteiger partial charge in [-0.3, -0.25) is 4.79 Å². The lowest BCUT2D eigenvalue weighted by molar-refractivity contribution is -0.870. The van der Waals surface area contributed by atoms with Gasteiger partial charge in [-0.25, -0.2) is 0 Å². The molecule has 4 heteroatoms. The first-order valence-electron chi connectivity index (χ1n) is 11.9. The molecule has 0 saturated heterocycles. The van der Waals surface area contributed by atoms with Crippen molar-refractivity contribution in [3.63, 3.8) is 0 Å². The van der Waals surface area contributed by atoms with E-state index in [0.29, 0.717) is 6.42 Å². The molecule has 0 aliphatic rings. The Morgan fingerprint density at radius 2 is 0.929 bits per heavy atom. The molecule has 0 unspecified atom stereocenters. The van der Waals surface area contributed by atoms with Gasteiger partial charge in [0, 0.05) is 6.42 Å². The molecular formula is C24H53ClN2O. The minimum Gasteiger partial charge on any atom is -1.00 e. The van der Waals surface area contributed by atoms with E-state index in [0.717, 1.165) is 10.9 Å². The van der Waals surface area contributed by atoms with Gasteiger partial charge in [0.05, 0.1) is 27.7 Å². The van der Waals surface area contributed by atoms with E-state index in [1.807, 2.05) is 0 Å². The molecule has 0 aromatic rings. The lowest BCUT2D eigenvalue weighted by atomic mass is 10.0. The maximum atomic E-state index is 10.6. The summed E-state index contributed by atoms with van der Waals surface area (Å²) in [5, 5.41) is 0. The number of quaternary nitrogens is 1. The SMILES string of the molecule is CCCCCCCCCCCCCCCCCC(N)=O.CCC[N+](C)(C)C.[Cl-]. The van der Waals surface area contributed by atoms with Crippen molar-refractivity contribution in [2.24, 2.45) is 5.73 Å². The molecule has 0 fully saturated rings. The lowest BCUT2D eigenvalue weighted by Crippen LogP contribution is -3.00. The number of halogens is 1. The molecule has 0 bridgehead atoms. The molecule has 28 heavy (non-hydrogen) atoms. The first-order valence-corrected chi connectivity index (χ1v) is 11.9. The van der Waals surface area contributed by atoms with E-state index in [1.54, 1.807) is 0 Å². The van der Waals surface area contributed by atoms with Crippen LogP contribution in [0.25, 0.3) is 0 Å². The summed E-state index contributed by atoms with van der Waals surface area (Å²) < 4.78 is 1.09. The van der Waals surface area contributed by atoms with Gasteiger partial charge in [-0.2, -0.15) is 0 Å². The van der Waals surface area contributed by atoms with Crippen molar-refractivity contribution in [1.29, 1.82) is 0 Å². The number of unbranched alkanes of at least 4 members (excludes halogenated alkanes) is 14. The van der Waals surface area contributed by atoms with E-state index in [-0.39, 0.29) is 18.3 Å². The van der Waals surface area contributed by atoms with Crippen molar-refractivity contribution in [3.8, 4) is 0 Å². The highest BCUT2D eigenvalue weighted by atomic mass is 35.5. The largest absolute Gasteiger partial charge is 1.00 e. The number of hydrogen-bond acceptors (Lipinski definition) is 1. The molecule has 0 heterocycles. The van der Waals surface area contributed by atoms with Crippen LogP contribution in [0.2, 0.25) is 0 Å². The van der Waals surface area contributed by atoms with Crippen molar-refractivity contribution < 1.29 is 21.7 Å². The van der Waals surface area contributed by atoms with Crippen LogP contribution in [0.4, 0.5) is 0 Å². The summed E-state index contributed by atoms with van der Waals surface area (Å²) in [6.07, 6.45) is 22.2. The van der Waals surface area contributed by atoms with Gasteiger partial charge in [-0.15, -0.1) is 0 Å². The highest BCUT2D eigenvalue weighted by molar-refractivity contribution is 5.73. The van der Waals surface area contributed by atoms with Gasteiger partial charge in [0.2, 0.25) is 5.91 Å². The Bertz CT molecular complexity index is 303. The van der Waals surface area contributed by atoms with Gasteiger partial charge in [-0.05, 0) is 12.8 Å². The second-order valence-corrected chi connectivity index (χ2v) is 9.18. The summed E-state index contributed by atoms with van der Waals surface area (Å²) in [6, 6.07) is 0. The second-order valence-electron chi connectivity index (χ2n) is 9.18. The van der Waals surface area contributed by atoms with Crippen LogP contribution < -0.4 is 18.1 Å². The summed E-state index contributed by atoms with van der Waals surface area (Å²) in [4.78, 5) is 10.6. The number of amides is 1. The zero-order valence-electron chi connectivity index (χ0n) is 20.0. The van der Waals surface area contributed by atoms with Crippen molar-refractivity contribution in [1.82, 2.24) is 0 Å². The van der Waals surface area contributed by atoms with Crippen molar-refractivity contribution >= 4 is 5.91 Å². The Hall–Kier alpha value is -0.280. The van der Waals surface area contributed by atoms with Crippen molar-refractivity contribution in [2.75, 3.05) is 27.7 Å². The van der Waals surface area contributed by atoms with Gasteiger partial charge in [0.15, 0.2) is 0 Å². The highest BCUT2D eigenvalue weighted by Gasteiger charge is 2.01. The van der Waals surface area contributed by atoms with E-state index in [2.05, 4.69) is 35.0 Å². The maximum absolute atomic E-state index is 10.6. The molecule has 0 rings (SSSR count). The molecule has 0 atom stereocenters. The molecule has 0 aliphatic heterocycles. The molecule has 2 N–H and O–H groups in total. The molecule has 172 valence electrons. The average Bonchev–Trinajstić information content (AvgIpc) is 2.57. The summed E-state index contributed by atoms with van der Waals surface area (Å²) in [7, 11) is 6.64. The number of nitrogens with two attached hydrogens (primary N) is 1. The highest BCUT2D eigenvalue weighted by Crippen LogP contribution is 2.13. The zero-order chi connectivity index (χ0) is 20.8. The van der Waals surface area contributed by atoms with Gasteiger partial charge >= 0.3 is 0 Å². The minimum absolute atomic E-state index is 0. The summed E-state index contributed by atoms with van der Waals surface area (Å²) >= 11 is 0. The number of hydrogen-bond donors (Lipinski definition) is 1. The van der Waals surface area contributed by atoms with E-state index < -0.39 is 0 Å². The molecule has 0 radical (unpaired) electrons. The predicted molar refractivity (Wildman–Crippen MR) is 122 cm³/mol. The van der Waals surface area contributed by atoms with Gasteiger partial charge in [-0.1, -0.05) is 104 Å². The summed E-state index contributed by atoms with van der Waals surface area (Å²) in [6.45, 7) is 5.77. The molecule has 3 nitrogen and oxygen atoms in total. The van der Waals surface area contributed by atoms with Crippen molar-refractivity contribution in [3.05, 3.63) is 0 Å². The third-order valence-corrected chi connectivity index (χ3v) is 4.92. The first-order chi connectivity index (χ1) is 12.8. The summed E-state index contributed by atoms with van der Waals surface area (Å²) in [5.74, 6) is -0.153. The fourth-order valence-corrected chi connectivity index (χ4v) is 3.34. The third-order valence-electron chi connectivity index (χ3n) is 4.92. The molecular weight excluding hydrogens is 368 g/mol. The molecule has 0 aromatic carbocycles. The maximum Gasteiger partial charge on any atom is 0.217 e. The Labute approximate surface area is 184 Å². The topological polar surface area (TPSA) is 43.1 Å². The number of carbonyl (C=O) groups is 1. The van der Waals surface area contributed by atoms with Crippen LogP contribution in [0, 0.1) is 0 Å². The fourth-order valence-electron chi connectivity index (χ4n) is 3.34. The van der Waals surface area contributed by atoms with Gasteiger partial charge in [0.1, 0.15) is 0 Å². The summed E-state index contributed by atoms with van der Waals surface area (Å²) in [5.41, 5.74) is 5.11. The van der Waals surface area contributed by atoms with E-state index in [9.17, 15) is 4.79 Å². The standard InChI is InChI=1S/C18H37NO.C6H16N.ClH/c1-2-3-4-5-6-7-8-9-10-11-12-13-14-15-16-17-18(19)20;1-5-6-7(2,3)4;/h2-17H2,1H3,(H2,19,20);5-6H2,1-4H3;1H/q;+1;/p-1. The number of primary amides is 1. The van der Waals surface area contributed by atoms with Crippen LogP contribution in [0.1, 0.15) is 123 Å². The second kappa shape index (κ2) is 24.8. The smallest absolute Gasteiger partial charge is 0.217 e. The van der Waals surface area contributed by atoms with Crippen LogP contribution in [-0.4, -0.2) is 38.1 Å². The molecule has 1 amide bonds. The van der Waals surface area contributed by atoms with Crippen LogP contribution in [0.15, 0.2) is 0 Å². The van der Waals surface area contributed by atoms with Crippen LogP contribution in [0.5, 0.6) is 0 Å². The number of nitrogens with zero attached hydrogens (tertiary/aromatic N) is 1. The van der Waals surface area contributed by atoms with Crippen LogP contribution in [-0.2, 0) is 4.79 Å². The monoisotopic (exact) mass is 420 g/mol. The van der Waals surface area contributed by atoms with Crippen LogP contribution in [0.3, 0.4) is 0 Å². The first kappa shape index (κ1) is 32.4. The van der Waals surface area contributed by atoms with Crippen LogP contribution >= 0.6 is 0 Å². The Morgan fingerprint density at radius 1 is 0.607 bits per heavy atom. The Morgan fingerprint density at radius 3 is 1.14 bits per heavy atom. The van der Waals surface area contributed by atoms with E-state index >= 15 is 0 Å². The Kier molecular flexibility index (Phi) is 28.6. The minimum atomic E-state index is -0.153. The number of carbonyl (C=O) groups excluding carboxylic acids is 1. The normalized spacial score (nSPS) is 10.8. The van der Waals surface area contributed by atoms with Gasteiger partial charge in [0.25, 0.3) is 0 Å². The van der Waals surface area contributed by atoms with Crippen molar-refractivity contribution in [2.45, 2.75) is 123 Å². The number of rotatable bonds is 18. The fraction of sp³-hybridized carbons (Fsp3) is 0.958. The third kappa shape index (κ3) is 36.6. The molecule has 0 aromatic heterocycles.